The number of unbranched alkanes of at least 4 members (excludes halogenated alkanes) is 41. The molecule has 0 saturated heterocycles. The third kappa shape index (κ3) is 63.8. The van der Waals surface area contributed by atoms with Gasteiger partial charge in [-0.2, -0.15) is 0 Å². The summed E-state index contributed by atoms with van der Waals surface area (Å²) in [6.45, 7) is 6.58. The van der Waals surface area contributed by atoms with Crippen molar-refractivity contribution in [1.82, 2.24) is 0 Å². The molecule has 0 saturated carbocycles. The zero-order valence-electron chi connectivity index (χ0n) is 51.5. The van der Waals surface area contributed by atoms with Gasteiger partial charge in [-0.1, -0.05) is 332 Å². The maximum absolute atomic E-state index is 12.9. The third-order valence-corrected chi connectivity index (χ3v) is 15.0. The Morgan fingerprint density at radius 3 is 0.792 bits per heavy atom. The Bertz CT molecular complexity index is 1380. The topological polar surface area (TPSA) is 78.9 Å². The van der Waals surface area contributed by atoms with Gasteiger partial charge in [0.2, 0.25) is 0 Å². The molecule has 0 heterocycles. The monoisotopic (exact) mass is 1080 g/mol. The Morgan fingerprint density at radius 2 is 0.506 bits per heavy atom. The van der Waals surface area contributed by atoms with E-state index in [1.807, 2.05) is 0 Å². The molecule has 0 aliphatic carbocycles. The lowest BCUT2D eigenvalue weighted by Crippen LogP contribution is -2.30. The van der Waals surface area contributed by atoms with Crippen LogP contribution in [-0.4, -0.2) is 37.2 Å². The first-order valence-corrected chi connectivity index (χ1v) is 33.8. The molecule has 0 amide bonds. The van der Waals surface area contributed by atoms with Gasteiger partial charge in [-0.15, -0.1) is 0 Å². The molecule has 0 bridgehead atoms. The highest BCUT2D eigenvalue weighted by Crippen LogP contribution is 2.18. The summed E-state index contributed by atoms with van der Waals surface area (Å²) in [5, 5.41) is 0. The first-order chi connectivity index (χ1) is 38.0. The van der Waals surface area contributed by atoms with Crippen molar-refractivity contribution in [3.63, 3.8) is 0 Å². The van der Waals surface area contributed by atoms with Crippen molar-refractivity contribution in [2.75, 3.05) is 13.2 Å². The summed E-state index contributed by atoms with van der Waals surface area (Å²) in [6, 6.07) is 0. The van der Waals surface area contributed by atoms with Gasteiger partial charge < -0.3 is 14.2 Å². The van der Waals surface area contributed by atoms with Gasteiger partial charge in [-0.05, 0) is 64.2 Å². The van der Waals surface area contributed by atoms with Crippen LogP contribution >= 0.6 is 0 Å². The van der Waals surface area contributed by atoms with E-state index in [0.717, 1.165) is 96.3 Å². The van der Waals surface area contributed by atoms with Gasteiger partial charge in [0.25, 0.3) is 0 Å². The normalized spacial score (nSPS) is 12.4. The molecular weight excluding hydrogens is 949 g/mol. The van der Waals surface area contributed by atoms with Gasteiger partial charge in [0, 0.05) is 19.3 Å². The van der Waals surface area contributed by atoms with Crippen molar-refractivity contribution in [2.45, 2.75) is 361 Å². The number of carbonyl (C=O) groups excluding carboxylic acids is 3. The van der Waals surface area contributed by atoms with Crippen LogP contribution in [0, 0.1) is 0 Å². The van der Waals surface area contributed by atoms with Crippen LogP contribution in [0.15, 0.2) is 60.8 Å². The smallest absolute Gasteiger partial charge is 0.306 e. The van der Waals surface area contributed by atoms with Crippen LogP contribution in [-0.2, 0) is 28.6 Å². The molecule has 0 aromatic heterocycles. The van der Waals surface area contributed by atoms with E-state index in [9.17, 15) is 14.4 Å². The lowest BCUT2D eigenvalue weighted by Gasteiger charge is -2.18. The van der Waals surface area contributed by atoms with Crippen LogP contribution in [0.3, 0.4) is 0 Å². The number of carbonyl (C=O) groups is 3. The first-order valence-electron chi connectivity index (χ1n) is 33.8. The Morgan fingerprint density at radius 1 is 0.273 bits per heavy atom. The molecule has 77 heavy (non-hydrogen) atoms. The fourth-order valence-electron chi connectivity index (χ4n) is 10.0. The minimum absolute atomic E-state index is 0.0724. The van der Waals surface area contributed by atoms with Crippen LogP contribution in [0.1, 0.15) is 355 Å². The molecule has 448 valence electrons. The van der Waals surface area contributed by atoms with E-state index in [0.29, 0.717) is 19.3 Å². The average Bonchev–Trinajstić information content (AvgIpc) is 3.43. The van der Waals surface area contributed by atoms with Crippen molar-refractivity contribution >= 4 is 17.9 Å². The Balaban J connectivity index is 4.34. The highest BCUT2D eigenvalue weighted by Gasteiger charge is 2.19. The molecule has 0 N–H and O–H groups in total. The maximum Gasteiger partial charge on any atom is 0.306 e. The average molecular weight is 1080 g/mol. The SMILES string of the molecule is CC/C=C\C/C=C\C/C=C\C/C=C\C/C=C\CCCCCCCCCC(=O)OCC(COC(=O)CCCCCCCCCCCCCCCCCC)OC(=O)CCCCCCCCCCCCCCCCCCCCCC. The van der Waals surface area contributed by atoms with Crippen molar-refractivity contribution in [1.29, 1.82) is 0 Å². The van der Waals surface area contributed by atoms with E-state index in [2.05, 4.69) is 81.5 Å². The zero-order valence-corrected chi connectivity index (χ0v) is 51.5. The summed E-state index contributed by atoms with van der Waals surface area (Å²) >= 11 is 0. The molecule has 1 unspecified atom stereocenters. The minimum atomic E-state index is -0.777. The summed E-state index contributed by atoms with van der Waals surface area (Å²) in [5.41, 5.74) is 0. The summed E-state index contributed by atoms with van der Waals surface area (Å²) in [5.74, 6) is -0.858. The first kappa shape index (κ1) is 74.1. The van der Waals surface area contributed by atoms with Gasteiger partial charge in [0.1, 0.15) is 13.2 Å². The van der Waals surface area contributed by atoms with Crippen LogP contribution in [0.2, 0.25) is 0 Å². The zero-order chi connectivity index (χ0) is 55.7. The lowest BCUT2D eigenvalue weighted by molar-refractivity contribution is -0.167. The third-order valence-electron chi connectivity index (χ3n) is 15.0. The molecule has 0 radical (unpaired) electrons. The van der Waals surface area contributed by atoms with Crippen LogP contribution in [0.5, 0.6) is 0 Å². The van der Waals surface area contributed by atoms with Gasteiger partial charge in [-0.25, -0.2) is 0 Å². The predicted octanol–water partition coefficient (Wildman–Crippen LogP) is 23.1. The lowest BCUT2D eigenvalue weighted by atomic mass is 10.0. The van der Waals surface area contributed by atoms with E-state index in [1.54, 1.807) is 0 Å². The Labute approximate surface area is 479 Å². The molecule has 0 rings (SSSR count). The summed E-state index contributed by atoms with van der Waals surface area (Å²) < 4.78 is 17.0. The van der Waals surface area contributed by atoms with Crippen LogP contribution in [0.4, 0.5) is 0 Å². The number of esters is 3. The number of ether oxygens (including phenoxy) is 3. The van der Waals surface area contributed by atoms with E-state index in [-0.39, 0.29) is 31.1 Å². The number of hydrogen-bond acceptors (Lipinski definition) is 6. The summed E-state index contributed by atoms with van der Waals surface area (Å²) in [4.78, 5) is 38.4. The molecule has 6 nitrogen and oxygen atoms in total. The fraction of sp³-hybridized carbons (Fsp3) is 0.817. The Kier molecular flexibility index (Phi) is 63.2. The van der Waals surface area contributed by atoms with Crippen molar-refractivity contribution in [2.24, 2.45) is 0 Å². The molecule has 1 atom stereocenters. The molecule has 0 fully saturated rings. The molecule has 0 aliphatic rings. The Hall–Kier alpha value is -2.89. The molecule has 0 aliphatic heterocycles. The van der Waals surface area contributed by atoms with Crippen molar-refractivity contribution in [3.05, 3.63) is 60.8 Å². The number of rotatable bonds is 62. The highest BCUT2D eigenvalue weighted by molar-refractivity contribution is 5.71. The molecule has 6 heteroatoms. The van der Waals surface area contributed by atoms with Gasteiger partial charge in [0.15, 0.2) is 6.10 Å². The van der Waals surface area contributed by atoms with Crippen molar-refractivity contribution in [3.8, 4) is 0 Å². The van der Waals surface area contributed by atoms with Crippen LogP contribution < -0.4 is 0 Å². The predicted molar refractivity (Wildman–Crippen MR) is 335 cm³/mol. The number of hydrogen-bond donors (Lipinski definition) is 0. The molecule has 0 aromatic rings. The number of allylic oxidation sites excluding steroid dienone is 10. The van der Waals surface area contributed by atoms with E-state index in [4.69, 9.17) is 14.2 Å². The quantitative estimate of drug-likeness (QED) is 0.0261. The molecule has 0 spiro atoms. The van der Waals surface area contributed by atoms with Gasteiger partial charge >= 0.3 is 17.9 Å². The van der Waals surface area contributed by atoms with E-state index < -0.39 is 6.10 Å². The molecule has 0 aromatic carbocycles. The van der Waals surface area contributed by atoms with E-state index in [1.165, 1.54) is 218 Å². The largest absolute Gasteiger partial charge is 0.462 e. The summed E-state index contributed by atoms with van der Waals surface area (Å²) in [7, 11) is 0. The second kappa shape index (κ2) is 65.6. The maximum atomic E-state index is 12.9. The second-order valence-corrected chi connectivity index (χ2v) is 22.7. The van der Waals surface area contributed by atoms with E-state index >= 15 is 0 Å². The molecular formula is C71H128O6. The van der Waals surface area contributed by atoms with Crippen molar-refractivity contribution < 1.29 is 28.6 Å². The summed E-state index contributed by atoms with van der Waals surface area (Å²) in [6.07, 6.45) is 83.7. The fourth-order valence-corrected chi connectivity index (χ4v) is 10.0. The standard InChI is InChI=1S/C71H128O6/c1-4-7-10-13-16-19-22-25-28-31-33-35-36-37-39-40-43-46-49-52-55-58-61-64-70(73)76-67-68(66-75-69(72)63-60-57-54-51-48-45-42-30-27-24-21-18-15-12-9-6-3)77-71(74)65-62-59-56-53-50-47-44-41-38-34-32-29-26-23-20-17-14-11-8-5-2/h7,10,16,19,25,28,33,35,37,39,68H,4-6,8-9,11-15,17-18,20-24,26-27,29-32,34,36,38,40-67H2,1-3H3/b10-7-,19-16-,28-25-,35-33-,39-37-. The second-order valence-electron chi connectivity index (χ2n) is 22.7. The van der Waals surface area contributed by atoms with Gasteiger partial charge in [0.05, 0.1) is 0 Å². The highest BCUT2D eigenvalue weighted by atomic mass is 16.6. The minimum Gasteiger partial charge on any atom is -0.462 e. The van der Waals surface area contributed by atoms with Gasteiger partial charge in [-0.3, -0.25) is 14.4 Å². The van der Waals surface area contributed by atoms with Crippen LogP contribution in [0.25, 0.3) is 0 Å².